The third-order valence-electron chi connectivity index (χ3n) is 4.45. The average molecular weight is 390 g/mol. The zero-order valence-electron chi connectivity index (χ0n) is 15.3. The van der Waals surface area contributed by atoms with E-state index in [1.807, 2.05) is 11.0 Å². The van der Waals surface area contributed by atoms with Crippen LogP contribution in [0.15, 0.2) is 47.4 Å². The molecule has 7 nitrogen and oxygen atoms in total. The van der Waals surface area contributed by atoms with Crippen molar-refractivity contribution in [3.63, 3.8) is 0 Å². The first kappa shape index (κ1) is 19.2. The largest absolute Gasteiger partial charge is 0.478 e. The van der Waals surface area contributed by atoms with Crippen LogP contribution in [0.25, 0.3) is 0 Å². The van der Waals surface area contributed by atoms with Crippen molar-refractivity contribution in [3.8, 4) is 11.5 Å². The third-order valence-corrected chi connectivity index (χ3v) is 6.27. The molecular formula is C19H22N2O5S. The van der Waals surface area contributed by atoms with E-state index in [9.17, 15) is 18.3 Å². The van der Waals surface area contributed by atoms with Crippen LogP contribution < -0.4 is 9.64 Å². The molecule has 1 aliphatic heterocycles. The Morgan fingerprint density at radius 2 is 1.74 bits per heavy atom. The SMILES string of the molecule is CN(C)S(=O)(=O)c1cc(C(=O)O)cc(N2CCCC2)c1Oc1ccccc1. The molecule has 2 aromatic carbocycles. The Morgan fingerprint density at radius 3 is 2.30 bits per heavy atom. The van der Waals surface area contributed by atoms with Crippen LogP contribution in [0.5, 0.6) is 11.5 Å². The zero-order valence-corrected chi connectivity index (χ0v) is 16.1. The summed E-state index contributed by atoms with van der Waals surface area (Å²) in [5.41, 5.74) is 0.398. The Kier molecular flexibility index (Phi) is 5.38. The molecule has 0 aliphatic carbocycles. The molecule has 0 atom stereocenters. The van der Waals surface area contributed by atoms with Gasteiger partial charge in [0.1, 0.15) is 10.6 Å². The number of carbonyl (C=O) groups is 1. The third kappa shape index (κ3) is 3.91. The topological polar surface area (TPSA) is 87.2 Å². The molecular weight excluding hydrogens is 368 g/mol. The Hall–Kier alpha value is -2.58. The summed E-state index contributed by atoms with van der Waals surface area (Å²) >= 11 is 0. The van der Waals surface area contributed by atoms with E-state index in [1.54, 1.807) is 24.3 Å². The summed E-state index contributed by atoms with van der Waals surface area (Å²) < 4.78 is 32.9. The number of hydrogen-bond acceptors (Lipinski definition) is 5. The molecule has 0 radical (unpaired) electrons. The number of benzene rings is 2. The van der Waals surface area contributed by atoms with Gasteiger partial charge in [0.2, 0.25) is 10.0 Å². The van der Waals surface area contributed by atoms with Crippen molar-refractivity contribution in [2.75, 3.05) is 32.1 Å². The molecule has 27 heavy (non-hydrogen) atoms. The van der Waals surface area contributed by atoms with Crippen molar-refractivity contribution in [2.45, 2.75) is 17.7 Å². The van der Waals surface area contributed by atoms with Crippen LogP contribution in [-0.2, 0) is 10.0 Å². The monoisotopic (exact) mass is 390 g/mol. The van der Waals surface area contributed by atoms with Gasteiger partial charge in [0.25, 0.3) is 0 Å². The summed E-state index contributed by atoms with van der Waals surface area (Å²) in [5, 5.41) is 9.49. The van der Waals surface area contributed by atoms with E-state index in [4.69, 9.17) is 4.74 Å². The van der Waals surface area contributed by atoms with Gasteiger partial charge in [0.05, 0.1) is 11.3 Å². The lowest BCUT2D eigenvalue weighted by Gasteiger charge is -2.25. The first-order chi connectivity index (χ1) is 12.8. The molecule has 1 heterocycles. The Labute approximate surface area is 158 Å². The van der Waals surface area contributed by atoms with Gasteiger partial charge < -0.3 is 14.7 Å². The van der Waals surface area contributed by atoms with Gasteiger partial charge in [-0.2, -0.15) is 0 Å². The van der Waals surface area contributed by atoms with Crippen molar-refractivity contribution in [2.24, 2.45) is 0 Å². The second-order valence-electron chi connectivity index (χ2n) is 6.52. The van der Waals surface area contributed by atoms with Crippen molar-refractivity contribution < 1.29 is 23.1 Å². The number of carboxylic acid groups (broad SMARTS) is 1. The van der Waals surface area contributed by atoms with Crippen LogP contribution in [0, 0.1) is 0 Å². The number of hydrogen-bond donors (Lipinski definition) is 1. The first-order valence-corrected chi connectivity index (χ1v) is 10.1. The summed E-state index contributed by atoms with van der Waals surface area (Å²) in [7, 11) is -1.10. The van der Waals surface area contributed by atoms with E-state index in [0.717, 1.165) is 36.3 Å². The van der Waals surface area contributed by atoms with Crippen molar-refractivity contribution in [1.82, 2.24) is 4.31 Å². The Balaban J connectivity index is 2.26. The van der Waals surface area contributed by atoms with Crippen LogP contribution in [-0.4, -0.2) is 51.0 Å². The van der Waals surface area contributed by atoms with Crippen molar-refractivity contribution in [3.05, 3.63) is 48.0 Å². The lowest BCUT2D eigenvalue weighted by Crippen LogP contribution is -2.25. The summed E-state index contributed by atoms with van der Waals surface area (Å²) in [5.74, 6) is -0.546. The zero-order chi connectivity index (χ0) is 19.6. The van der Waals surface area contributed by atoms with Crippen LogP contribution in [0.4, 0.5) is 5.69 Å². The van der Waals surface area contributed by atoms with E-state index < -0.39 is 16.0 Å². The summed E-state index contributed by atoms with van der Waals surface area (Å²) in [6.07, 6.45) is 1.91. The molecule has 1 aliphatic rings. The van der Waals surface area contributed by atoms with E-state index >= 15 is 0 Å². The first-order valence-electron chi connectivity index (χ1n) is 8.62. The van der Waals surface area contributed by atoms with Gasteiger partial charge in [-0.15, -0.1) is 0 Å². The van der Waals surface area contributed by atoms with Crippen LogP contribution >= 0.6 is 0 Å². The van der Waals surface area contributed by atoms with E-state index in [2.05, 4.69) is 0 Å². The van der Waals surface area contributed by atoms with Gasteiger partial charge in [0, 0.05) is 27.2 Å². The standard InChI is InChI=1S/C19H22N2O5S/c1-20(2)27(24,25)17-13-14(19(22)23)12-16(21-10-6-7-11-21)18(17)26-15-8-4-3-5-9-15/h3-5,8-9,12-13H,6-7,10-11H2,1-2H3,(H,22,23). The highest BCUT2D eigenvalue weighted by Crippen LogP contribution is 2.41. The highest BCUT2D eigenvalue weighted by molar-refractivity contribution is 7.89. The number of ether oxygens (including phenoxy) is 1. The molecule has 0 saturated carbocycles. The smallest absolute Gasteiger partial charge is 0.335 e. The average Bonchev–Trinajstić information content (AvgIpc) is 3.16. The lowest BCUT2D eigenvalue weighted by atomic mass is 10.1. The lowest BCUT2D eigenvalue weighted by molar-refractivity contribution is 0.0696. The normalized spacial score (nSPS) is 14.6. The fraction of sp³-hybridized carbons (Fsp3) is 0.316. The van der Waals surface area contributed by atoms with E-state index in [-0.39, 0.29) is 16.2 Å². The minimum absolute atomic E-state index is 0.0854. The molecule has 1 N–H and O–H groups in total. The van der Waals surface area contributed by atoms with E-state index in [1.165, 1.54) is 20.2 Å². The Bertz CT molecular complexity index is 936. The predicted molar refractivity (Wildman–Crippen MR) is 102 cm³/mol. The van der Waals surface area contributed by atoms with Gasteiger partial charge in [-0.05, 0) is 37.1 Å². The number of carboxylic acids is 1. The summed E-state index contributed by atoms with van der Waals surface area (Å²) in [4.78, 5) is 13.4. The number of anilines is 1. The maximum atomic E-state index is 12.9. The molecule has 8 heteroatoms. The molecule has 0 spiro atoms. The molecule has 3 rings (SSSR count). The molecule has 0 aromatic heterocycles. The molecule has 1 saturated heterocycles. The van der Waals surface area contributed by atoms with Gasteiger partial charge in [-0.3, -0.25) is 0 Å². The predicted octanol–water partition coefficient (Wildman–Crippen LogP) is 3.03. The van der Waals surface area contributed by atoms with Gasteiger partial charge in [0.15, 0.2) is 5.75 Å². The van der Waals surface area contributed by atoms with Crippen LogP contribution in [0.1, 0.15) is 23.2 Å². The fourth-order valence-electron chi connectivity index (χ4n) is 3.00. The highest BCUT2D eigenvalue weighted by Gasteiger charge is 2.30. The molecule has 1 fully saturated rings. The van der Waals surface area contributed by atoms with E-state index in [0.29, 0.717) is 11.4 Å². The molecule has 2 aromatic rings. The highest BCUT2D eigenvalue weighted by atomic mass is 32.2. The van der Waals surface area contributed by atoms with Crippen molar-refractivity contribution >= 4 is 21.7 Å². The minimum Gasteiger partial charge on any atom is -0.478 e. The Morgan fingerprint density at radius 1 is 1.11 bits per heavy atom. The van der Waals surface area contributed by atoms with Gasteiger partial charge >= 0.3 is 5.97 Å². The second kappa shape index (κ2) is 7.58. The number of aromatic carboxylic acids is 1. The molecule has 0 bridgehead atoms. The number of sulfonamides is 1. The number of para-hydroxylation sites is 1. The number of rotatable bonds is 6. The molecule has 0 unspecified atom stereocenters. The van der Waals surface area contributed by atoms with Crippen LogP contribution in [0.3, 0.4) is 0 Å². The van der Waals surface area contributed by atoms with Crippen molar-refractivity contribution in [1.29, 1.82) is 0 Å². The van der Waals surface area contributed by atoms with Gasteiger partial charge in [-0.1, -0.05) is 18.2 Å². The fourth-order valence-corrected chi connectivity index (χ4v) is 4.05. The number of nitrogens with zero attached hydrogens (tertiary/aromatic N) is 2. The maximum absolute atomic E-state index is 12.9. The summed E-state index contributed by atoms with van der Waals surface area (Å²) in [6, 6.07) is 11.5. The summed E-state index contributed by atoms with van der Waals surface area (Å²) in [6.45, 7) is 1.44. The quantitative estimate of drug-likeness (QED) is 0.816. The molecule has 0 amide bonds. The maximum Gasteiger partial charge on any atom is 0.335 e. The second-order valence-corrected chi connectivity index (χ2v) is 8.64. The van der Waals surface area contributed by atoms with Crippen LogP contribution in [0.2, 0.25) is 0 Å². The minimum atomic E-state index is -3.92. The van der Waals surface area contributed by atoms with Gasteiger partial charge in [-0.25, -0.2) is 17.5 Å². The molecule has 144 valence electrons.